The fraction of sp³-hybridized carbons (Fsp3) is 0.115. The molecule has 8 aromatic carbocycles. The summed E-state index contributed by atoms with van der Waals surface area (Å²) in [7, 11) is 0. The summed E-state index contributed by atoms with van der Waals surface area (Å²) in [5.74, 6) is 0.402. The van der Waals surface area contributed by atoms with Gasteiger partial charge in [0, 0.05) is 45.6 Å². The molecule has 3 heterocycles. The number of ether oxygens (including phenoxy) is 1. The van der Waals surface area contributed by atoms with E-state index in [1.165, 1.54) is 0 Å². The number of imidazole rings is 1. The third-order valence-electron chi connectivity index (χ3n) is 12.2. The largest absolute Gasteiger partial charge is 0.510 e. The number of hydrogen-bond acceptors (Lipinski definition) is 2. The zero-order valence-electron chi connectivity index (χ0n) is 48.2. The molecular formula is C61H48N4OPt-2. The number of nitrogens with zero attached hydrogens (tertiary/aromatic N) is 4. The number of pyridine rings is 1. The van der Waals surface area contributed by atoms with Crippen molar-refractivity contribution >= 4 is 32.8 Å². The smallest absolute Gasteiger partial charge is 0.268 e. The summed E-state index contributed by atoms with van der Waals surface area (Å²) in [4.78, 5) is 4.88. The van der Waals surface area contributed by atoms with E-state index in [9.17, 15) is 1.37 Å². The first kappa shape index (κ1) is 32.4. The van der Waals surface area contributed by atoms with Crippen LogP contribution in [-0.4, -0.2) is 14.1 Å². The van der Waals surface area contributed by atoms with Crippen molar-refractivity contribution in [3.8, 4) is 62.1 Å². The zero-order valence-corrected chi connectivity index (χ0v) is 39.5. The molecule has 330 valence electrons. The van der Waals surface area contributed by atoms with Crippen LogP contribution in [0.1, 0.15) is 59.8 Å². The van der Waals surface area contributed by atoms with Crippen LogP contribution in [0.25, 0.3) is 83.4 Å². The Morgan fingerprint density at radius 3 is 2.06 bits per heavy atom. The quantitative estimate of drug-likeness (QED) is 0.107. The van der Waals surface area contributed by atoms with Crippen molar-refractivity contribution in [2.24, 2.45) is 5.41 Å². The van der Waals surface area contributed by atoms with Crippen molar-refractivity contribution in [2.45, 2.75) is 40.5 Å². The van der Waals surface area contributed by atoms with Gasteiger partial charge < -0.3 is 13.9 Å². The summed E-state index contributed by atoms with van der Waals surface area (Å²) in [6.07, 6.45) is 5.20. The van der Waals surface area contributed by atoms with E-state index in [4.69, 9.17) is 23.4 Å². The van der Waals surface area contributed by atoms with E-state index >= 15 is 0 Å². The molecule has 1 unspecified atom stereocenters. The van der Waals surface area contributed by atoms with E-state index in [0.717, 1.165) is 38.5 Å². The number of para-hydroxylation sites is 2. The molecular weight excluding hydrogens is 1000 g/mol. The van der Waals surface area contributed by atoms with Gasteiger partial charge in [-0.25, -0.2) is 4.98 Å². The Balaban J connectivity index is 0.00000688. The molecule has 0 saturated heterocycles. The Hall–Kier alpha value is -7.33. The molecule has 67 heavy (non-hydrogen) atoms. The van der Waals surface area contributed by atoms with E-state index in [1.54, 1.807) is 39.6 Å². The predicted molar refractivity (Wildman–Crippen MR) is 269 cm³/mol. The van der Waals surface area contributed by atoms with E-state index in [-0.39, 0.29) is 54.4 Å². The molecule has 11 rings (SSSR count). The van der Waals surface area contributed by atoms with Gasteiger partial charge in [-0.1, -0.05) is 172 Å². The number of aryl methyl sites for hydroxylation is 1. The van der Waals surface area contributed by atoms with Gasteiger partial charge >= 0.3 is 0 Å². The summed E-state index contributed by atoms with van der Waals surface area (Å²) < 4.78 is 109. The minimum absolute atomic E-state index is 0. The van der Waals surface area contributed by atoms with Gasteiger partial charge in [0.15, 0.2) is 0 Å². The third kappa shape index (κ3) is 8.08. The molecule has 0 saturated carbocycles. The molecule has 0 N–H and O–H groups in total. The van der Waals surface area contributed by atoms with E-state index in [1.807, 2.05) is 86.6 Å². The molecule has 1 atom stereocenters. The molecule has 0 fully saturated rings. The molecule has 0 aliphatic carbocycles. The molecule has 6 heteroatoms. The Kier molecular flexibility index (Phi) is 8.60. The monoisotopic (exact) mass is 1060 g/mol. The molecule has 3 aromatic heterocycles. The number of benzene rings is 8. The van der Waals surface area contributed by atoms with Crippen LogP contribution in [0, 0.1) is 30.8 Å². The van der Waals surface area contributed by atoms with Gasteiger partial charge in [-0.2, -0.15) is 18.2 Å². The maximum Gasteiger partial charge on any atom is 0.268 e. The van der Waals surface area contributed by atoms with Crippen LogP contribution in [0.3, 0.4) is 0 Å². The Morgan fingerprint density at radius 1 is 0.657 bits per heavy atom. The van der Waals surface area contributed by atoms with Crippen molar-refractivity contribution in [1.82, 2.24) is 14.1 Å². The molecule has 0 spiro atoms. The summed E-state index contributed by atoms with van der Waals surface area (Å²) in [5.41, 5.74) is 6.70. The van der Waals surface area contributed by atoms with Crippen molar-refractivity contribution in [3.05, 3.63) is 224 Å². The first-order valence-electron chi connectivity index (χ1n) is 27.1. The molecule has 0 radical (unpaired) electrons. The molecule has 0 aliphatic heterocycles. The van der Waals surface area contributed by atoms with E-state index < -0.39 is 66.3 Å². The van der Waals surface area contributed by atoms with Crippen molar-refractivity contribution in [2.75, 3.05) is 0 Å². The summed E-state index contributed by atoms with van der Waals surface area (Å²) in [5, 5.41) is 1.90. The second kappa shape index (κ2) is 17.8. The number of hydrogen-bond donors (Lipinski definition) is 0. The molecule has 11 aromatic rings. The van der Waals surface area contributed by atoms with Crippen LogP contribution in [0.4, 0.5) is 0 Å². The van der Waals surface area contributed by atoms with Gasteiger partial charge in [0.2, 0.25) is 0 Å². The maximum absolute atomic E-state index is 9.45. The fourth-order valence-electron chi connectivity index (χ4n) is 8.61. The van der Waals surface area contributed by atoms with Crippen LogP contribution >= 0.6 is 0 Å². The Morgan fingerprint density at radius 2 is 1.34 bits per heavy atom. The van der Waals surface area contributed by atoms with E-state index in [2.05, 4.69) is 74.1 Å². The number of fused-ring (bicyclic) bond motifs is 4. The van der Waals surface area contributed by atoms with Gasteiger partial charge in [0.1, 0.15) is 5.82 Å². The first-order valence-corrected chi connectivity index (χ1v) is 21.6. The van der Waals surface area contributed by atoms with Gasteiger partial charge in [-0.3, -0.25) is 4.57 Å². The third-order valence-corrected chi connectivity index (χ3v) is 12.2. The predicted octanol–water partition coefficient (Wildman–Crippen LogP) is 15.0. The second-order valence-electron chi connectivity index (χ2n) is 17.2. The Bertz CT molecular complexity index is 4100. The topological polar surface area (TPSA) is 35.9 Å². The average Bonchev–Trinajstić information content (AvgIpc) is 4.20. The van der Waals surface area contributed by atoms with Gasteiger partial charge in [0.25, 0.3) is 6.33 Å². The normalized spacial score (nSPS) is 14.9. The zero-order chi connectivity index (χ0) is 54.6. The maximum atomic E-state index is 9.45. The van der Waals surface area contributed by atoms with Crippen LogP contribution in [0.5, 0.6) is 11.5 Å². The number of aromatic nitrogens is 4. The SMILES string of the molecule is [2H]c1c([2H])c([2H])c(-c2cccc(-c3c([2H])c([2H])c([2H])c([2H])c3[2H])c2-[n+]2[c-]n(-c3[c-]c(Oc4[c-]c5c(cc4)c4cc(-c6ccccc6)ccc4n5-c4cc(C([2H])(C)C(C)(C)C)ccn4)ccc3)c3cccc(C)c32)c([2H])c1[2H].[Pt]. The van der Waals surface area contributed by atoms with Crippen LogP contribution in [0.2, 0.25) is 0 Å². The number of rotatable bonds is 9. The minimum Gasteiger partial charge on any atom is -0.510 e. The van der Waals surface area contributed by atoms with Gasteiger partial charge in [-0.05, 0) is 92.0 Å². The molecule has 0 aliphatic rings. The van der Waals surface area contributed by atoms with Crippen molar-refractivity contribution in [3.63, 3.8) is 0 Å². The fourth-order valence-corrected chi connectivity index (χ4v) is 8.61. The van der Waals surface area contributed by atoms with Gasteiger partial charge in [-0.15, -0.1) is 29.7 Å². The summed E-state index contributed by atoms with van der Waals surface area (Å²) >= 11 is 0. The van der Waals surface area contributed by atoms with Gasteiger partial charge in [0.05, 0.1) is 30.4 Å². The molecule has 0 amide bonds. The first-order chi connectivity index (χ1) is 36.7. The standard InChI is InChI=1S/C61H48N4O.Pt/c1-41-18-15-29-56-59(41)64(60-51(44-21-11-7-12-22-44)27-17-28-52(60)45-23-13-8-14-24-45)40-63(56)48-25-16-26-49(38-48)66-50-31-32-53-54-36-47(43-19-9-6-10-20-43)30-33-55(54)65(57(53)39-50)58-37-46(34-35-62-58)42(2)61(3,4)5;/h6-37,42H,1-5H3;/q-2;/i7D,8D,11D,12D,13D,14D,21D,22D,23D,24D,42D;. The minimum atomic E-state index is -0.941. The van der Waals surface area contributed by atoms with Crippen molar-refractivity contribution in [1.29, 1.82) is 0 Å². The second-order valence-corrected chi connectivity index (χ2v) is 17.2. The van der Waals surface area contributed by atoms with Crippen molar-refractivity contribution < 1.29 is 45.4 Å². The van der Waals surface area contributed by atoms with Crippen LogP contribution in [-0.2, 0) is 21.1 Å². The van der Waals surface area contributed by atoms with Crippen LogP contribution in [0.15, 0.2) is 194 Å². The molecule has 5 nitrogen and oxygen atoms in total. The summed E-state index contributed by atoms with van der Waals surface area (Å²) in [6, 6.07) is 41.7. The Labute approximate surface area is 422 Å². The van der Waals surface area contributed by atoms with Crippen LogP contribution < -0.4 is 9.30 Å². The van der Waals surface area contributed by atoms with E-state index in [0.29, 0.717) is 39.6 Å². The molecule has 0 bridgehead atoms. The average molecular weight is 1060 g/mol. The summed E-state index contributed by atoms with van der Waals surface area (Å²) in [6.45, 7) is 9.98.